The van der Waals surface area contributed by atoms with Crippen molar-refractivity contribution in [1.82, 2.24) is 24.9 Å². The lowest BCUT2D eigenvalue weighted by Crippen LogP contribution is -2.32. The average Bonchev–Trinajstić information content (AvgIpc) is 3.33. The number of tetrazole rings is 1. The Morgan fingerprint density at radius 3 is 2.23 bits per heavy atom. The number of benzene rings is 3. The quantitative estimate of drug-likeness (QED) is 0.436. The number of nitrogens with zero attached hydrogens (tertiary/aromatic N) is 4. The van der Waals surface area contributed by atoms with Crippen molar-refractivity contribution in [2.24, 2.45) is 0 Å². The highest BCUT2D eigenvalue weighted by molar-refractivity contribution is 7.89. The number of hydrogen-bond acceptors (Lipinski definition) is 5. The second-order valence-electron chi connectivity index (χ2n) is 6.96. The molecule has 0 fully saturated rings. The van der Waals surface area contributed by atoms with E-state index in [1.165, 1.54) is 16.4 Å². The number of halogens is 1. The lowest BCUT2D eigenvalue weighted by molar-refractivity contribution is 0.409. The summed E-state index contributed by atoms with van der Waals surface area (Å²) in [4.78, 5) is 0.216. The molecule has 0 saturated carbocycles. The van der Waals surface area contributed by atoms with Crippen LogP contribution in [-0.2, 0) is 23.0 Å². The number of aromatic amines is 1. The predicted molar refractivity (Wildman–Crippen MR) is 119 cm³/mol. The number of H-pyrrole nitrogens is 1. The van der Waals surface area contributed by atoms with Crippen molar-refractivity contribution in [2.75, 3.05) is 6.54 Å². The molecule has 0 spiro atoms. The lowest BCUT2D eigenvalue weighted by atomic mass is 10.1. The highest BCUT2D eigenvalue weighted by atomic mass is 35.5. The molecule has 0 saturated heterocycles. The van der Waals surface area contributed by atoms with Crippen molar-refractivity contribution in [3.63, 3.8) is 0 Å². The van der Waals surface area contributed by atoms with Crippen molar-refractivity contribution in [1.29, 1.82) is 0 Å². The molecule has 4 rings (SSSR count). The maximum atomic E-state index is 13.4. The van der Waals surface area contributed by atoms with Gasteiger partial charge in [0.05, 0.1) is 4.90 Å². The molecule has 4 aromatic rings. The highest BCUT2D eigenvalue weighted by Crippen LogP contribution is 2.22. The van der Waals surface area contributed by atoms with E-state index in [4.69, 9.17) is 11.6 Å². The van der Waals surface area contributed by atoms with Crippen LogP contribution in [0.15, 0.2) is 83.8 Å². The first kappa shape index (κ1) is 21.2. The molecule has 0 aliphatic heterocycles. The number of aromatic nitrogens is 4. The number of rotatable bonds is 8. The van der Waals surface area contributed by atoms with E-state index >= 15 is 0 Å². The second kappa shape index (κ2) is 9.38. The number of hydrogen-bond donors (Lipinski definition) is 1. The van der Waals surface area contributed by atoms with Crippen LogP contribution in [0.3, 0.4) is 0 Å². The number of nitrogens with one attached hydrogen (secondary N) is 1. The van der Waals surface area contributed by atoms with Gasteiger partial charge in [-0.25, -0.2) is 8.42 Å². The topological polar surface area (TPSA) is 91.8 Å². The van der Waals surface area contributed by atoms with Crippen LogP contribution >= 0.6 is 11.6 Å². The van der Waals surface area contributed by atoms with Crippen LogP contribution in [0.25, 0.3) is 11.4 Å². The summed E-state index contributed by atoms with van der Waals surface area (Å²) in [6.07, 6.45) is 0.606. The van der Waals surface area contributed by atoms with Crippen molar-refractivity contribution in [2.45, 2.75) is 17.9 Å². The van der Waals surface area contributed by atoms with E-state index in [2.05, 4.69) is 20.6 Å². The van der Waals surface area contributed by atoms with Gasteiger partial charge in [-0.15, -0.1) is 10.2 Å². The Labute approximate surface area is 185 Å². The molecule has 0 amide bonds. The van der Waals surface area contributed by atoms with Crippen LogP contribution < -0.4 is 0 Å². The molecule has 9 heteroatoms. The summed E-state index contributed by atoms with van der Waals surface area (Å²) in [5, 5.41) is 14.4. The maximum absolute atomic E-state index is 13.4. The summed E-state index contributed by atoms with van der Waals surface area (Å²) in [7, 11) is -3.70. The van der Waals surface area contributed by atoms with E-state index in [1.807, 2.05) is 54.6 Å². The molecule has 31 heavy (non-hydrogen) atoms. The predicted octanol–water partition coefficient (Wildman–Crippen LogP) is 3.95. The Morgan fingerprint density at radius 1 is 0.871 bits per heavy atom. The molecule has 1 heterocycles. The monoisotopic (exact) mass is 453 g/mol. The summed E-state index contributed by atoms with van der Waals surface area (Å²) in [6, 6.07) is 23.5. The zero-order valence-electron chi connectivity index (χ0n) is 16.5. The van der Waals surface area contributed by atoms with Crippen molar-refractivity contribution in [3.8, 4) is 11.4 Å². The minimum atomic E-state index is -3.70. The molecule has 0 bridgehead atoms. The van der Waals surface area contributed by atoms with Gasteiger partial charge in [-0.05, 0) is 47.0 Å². The smallest absolute Gasteiger partial charge is 0.207 e. The van der Waals surface area contributed by atoms with Crippen LogP contribution in [0.1, 0.15) is 11.1 Å². The van der Waals surface area contributed by atoms with Gasteiger partial charge in [0.25, 0.3) is 0 Å². The summed E-state index contributed by atoms with van der Waals surface area (Å²) < 4.78 is 28.2. The van der Waals surface area contributed by atoms with Gasteiger partial charge < -0.3 is 0 Å². The lowest BCUT2D eigenvalue weighted by Gasteiger charge is -2.23. The second-order valence-corrected chi connectivity index (χ2v) is 9.33. The summed E-state index contributed by atoms with van der Waals surface area (Å²) >= 11 is 5.94. The van der Waals surface area contributed by atoms with Crippen LogP contribution in [-0.4, -0.2) is 39.9 Å². The van der Waals surface area contributed by atoms with Crippen LogP contribution in [0, 0.1) is 0 Å². The summed E-state index contributed by atoms with van der Waals surface area (Å²) in [5.41, 5.74) is 2.73. The molecule has 0 unspecified atom stereocenters. The minimum Gasteiger partial charge on any atom is -0.207 e. The SMILES string of the molecule is O=S(=O)(c1ccc(Cl)cc1)N(CCc1ccccc1)Cc1ccc(-c2nn[nH]n2)cc1. The highest BCUT2D eigenvalue weighted by Gasteiger charge is 2.24. The van der Waals surface area contributed by atoms with E-state index in [0.29, 0.717) is 23.8 Å². The molecular formula is C22H20ClN5O2S. The molecule has 1 N–H and O–H groups in total. The van der Waals surface area contributed by atoms with Crippen molar-refractivity contribution in [3.05, 3.63) is 95.0 Å². The largest absolute Gasteiger partial charge is 0.243 e. The average molecular weight is 454 g/mol. The fraction of sp³-hybridized carbons (Fsp3) is 0.136. The molecule has 1 aromatic heterocycles. The fourth-order valence-corrected chi connectivity index (χ4v) is 4.74. The molecule has 3 aromatic carbocycles. The normalized spacial score (nSPS) is 11.7. The third-order valence-electron chi connectivity index (χ3n) is 4.86. The van der Waals surface area contributed by atoms with Crippen molar-refractivity contribution >= 4 is 21.6 Å². The number of sulfonamides is 1. The molecule has 7 nitrogen and oxygen atoms in total. The molecular weight excluding hydrogens is 434 g/mol. The van der Waals surface area contributed by atoms with Gasteiger partial charge in [-0.3, -0.25) is 0 Å². The minimum absolute atomic E-state index is 0.216. The molecule has 158 valence electrons. The first-order valence-electron chi connectivity index (χ1n) is 9.65. The maximum Gasteiger partial charge on any atom is 0.243 e. The fourth-order valence-electron chi connectivity index (χ4n) is 3.19. The third-order valence-corrected chi connectivity index (χ3v) is 6.97. The van der Waals surface area contributed by atoms with Gasteiger partial charge in [-0.2, -0.15) is 9.52 Å². The van der Waals surface area contributed by atoms with E-state index in [9.17, 15) is 8.42 Å². The zero-order chi connectivity index (χ0) is 21.7. The van der Waals surface area contributed by atoms with E-state index in [0.717, 1.165) is 16.7 Å². The van der Waals surface area contributed by atoms with Crippen LogP contribution in [0.5, 0.6) is 0 Å². The van der Waals surface area contributed by atoms with Gasteiger partial charge >= 0.3 is 0 Å². The zero-order valence-corrected chi connectivity index (χ0v) is 18.1. The molecule has 0 aliphatic rings. The Balaban J connectivity index is 1.59. The molecule has 0 atom stereocenters. The van der Waals surface area contributed by atoms with Gasteiger partial charge in [-0.1, -0.05) is 66.2 Å². The van der Waals surface area contributed by atoms with E-state index in [-0.39, 0.29) is 11.4 Å². The van der Waals surface area contributed by atoms with Gasteiger partial charge in [0.1, 0.15) is 0 Å². The Bertz CT molecular complexity index is 1210. The third kappa shape index (κ3) is 5.16. The van der Waals surface area contributed by atoms with Gasteiger partial charge in [0.2, 0.25) is 15.8 Å². The van der Waals surface area contributed by atoms with E-state index < -0.39 is 10.0 Å². The summed E-state index contributed by atoms with van der Waals surface area (Å²) in [5.74, 6) is 0.487. The first-order valence-corrected chi connectivity index (χ1v) is 11.5. The Morgan fingerprint density at radius 2 is 1.58 bits per heavy atom. The molecule has 0 aliphatic carbocycles. The standard InChI is InChI=1S/C22H20ClN5O2S/c23-20-10-12-21(13-11-20)31(29,30)28(15-14-17-4-2-1-3-5-17)16-18-6-8-19(9-7-18)22-24-26-27-25-22/h1-13H,14-16H2,(H,24,25,26,27). The van der Waals surface area contributed by atoms with Crippen molar-refractivity contribution < 1.29 is 8.42 Å². The van der Waals surface area contributed by atoms with Gasteiger partial charge in [0, 0.05) is 23.7 Å². The van der Waals surface area contributed by atoms with Gasteiger partial charge in [0.15, 0.2) is 0 Å². The first-order chi connectivity index (χ1) is 15.0. The Hall–Kier alpha value is -3.07. The van der Waals surface area contributed by atoms with Crippen LogP contribution in [0.4, 0.5) is 0 Å². The molecule has 0 radical (unpaired) electrons. The van der Waals surface area contributed by atoms with E-state index in [1.54, 1.807) is 12.1 Å². The summed E-state index contributed by atoms with van der Waals surface area (Å²) in [6.45, 7) is 0.589. The van der Waals surface area contributed by atoms with Crippen LogP contribution in [0.2, 0.25) is 5.02 Å². The Kier molecular flexibility index (Phi) is 6.41.